The summed E-state index contributed by atoms with van der Waals surface area (Å²) in [6.07, 6.45) is 4.33. The van der Waals surface area contributed by atoms with E-state index in [1.54, 1.807) is 11.1 Å². The molecule has 4 rings (SSSR count). The first-order chi connectivity index (χ1) is 18.3. The Kier molecular flexibility index (Phi) is 8.14. The van der Waals surface area contributed by atoms with Gasteiger partial charge in [-0.25, -0.2) is 19.4 Å². The summed E-state index contributed by atoms with van der Waals surface area (Å²) < 4.78 is 7.77. The van der Waals surface area contributed by atoms with Gasteiger partial charge in [-0.2, -0.15) is 0 Å². The molecule has 0 aliphatic carbocycles. The lowest BCUT2D eigenvalue weighted by Gasteiger charge is -2.33. The number of hydrogen-bond acceptors (Lipinski definition) is 8. The molecule has 2 aromatic rings. The van der Waals surface area contributed by atoms with Gasteiger partial charge in [-0.15, -0.1) is 0 Å². The lowest BCUT2D eigenvalue weighted by molar-refractivity contribution is -0.137. The van der Waals surface area contributed by atoms with Crippen LogP contribution in [-0.2, 0) is 22.6 Å². The molecule has 4 amide bonds. The van der Waals surface area contributed by atoms with E-state index in [-0.39, 0.29) is 12.6 Å². The lowest BCUT2D eigenvalue weighted by Crippen LogP contribution is -2.58. The molecule has 6 N–H and O–H groups in total. The fraction of sp³-hybridized carbons (Fsp3) is 0.400. The van der Waals surface area contributed by atoms with E-state index in [0.29, 0.717) is 30.9 Å². The van der Waals surface area contributed by atoms with Gasteiger partial charge in [-0.3, -0.25) is 9.59 Å². The number of urea groups is 1. The molecule has 13 heteroatoms. The maximum absolute atomic E-state index is 13.1. The van der Waals surface area contributed by atoms with Gasteiger partial charge in [-0.1, -0.05) is 18.7 Å². The lowest BCUT2D eigenvalue weighted by atomic mass is 9.98. The Morgan fingerprint density at radius 3 is 2.84 bits per heavy atom. The van der Waals surface area contributed by atoms with E-state index in [4.69, 9.17) is 16.3 Å². The maximum Gasteiger partial charge on any atom is 0.314 e. The number of benzene rings is 1. The van der Waals surface area contributed by atoms with Gasteiger partial charge >= 0.3 is 6.03 Å². The van der Waals surface area contributed by atoms with E-state index >= 15 is 0 Å². The number of nitrogens with zero attached hydrogens (tertiary/aromatic N) is 5. The van der Waals surface area contributed by atoms with E-state index in [2.05, 4.69) is 32.1 Å². The van der Waals surface area contributed by atoms with Crippen LogP contribution in [0.25, 0.3) is 0 Å². The molecule has 38 heavy (non-hydrogen) atoms. The number of fused-ring (bicyclic) bond motifs is 1. The minimum atomic E-state index is -1.24. The van der Waals surface area contributed by atoms with Crippen LogP contribution in [0, 0.1) is 0 Å². The molecule has 1 aromatic carbocycles. The minimum absolute atomic E-state index is 0.0740. The zero-order valence-electron chi connectivity index (χ0n) is 21.3. The predicted octanol–water partition coefficient (Wildman–Crippen LogP) is -0.296. The molecule has 0 unspecified atom stereocenters. The second kappa shape index (κ2) is 11.7. The number of primary amides is 1. The highest BCUT2D eigenvalue weighted by molar-refractivity contribution is 5.90. The molecule has 0 bridgehead atoms. The van der Waals surface area contributed by atoms with Gasteiger partial charge in [0.05, 0.1) is 6.04 Å². The average molecular weight is 524 g/mol. The standard InChI is InChI=1S/C25H33N9O4/c1-3-28-25-29-11-9-21(34(25)27)33-12-5-7-18(33)15-38-20-8-4-6-17-10-13-32(14-19(17)20)23(36)22(30-16(2)35)31-24(26)37/h3-4,6,8-9,11,18,22H,1,5,7,10,12-15,27H2,2H3,(H,30,35)(H3,26,31,37)/b28-25-/t18-,22+/m1/s1. The van der Waals surface area contributed by atoms with E-state index in [1.807, 2.05) is 24.3 Å². The van der Waals surface area contributed by atoms with Crippen LogP contribution in [0.4, 0.5) is 10.6 Å². The Bertz CT molecular complexity index is 1280. The summed E-state index contributed by atoms with van der Waals surface area (Å²) >= 11 is 0. The van der Waals surface area contributed by atoms with Crippen molar-refractivity contribution in [2.75, 3.05) is 30.4 Å². The fourth-order valence-corrected chi connectivity index (χ4v) is 4.88. The monoisotopic (exact) mass is 523 g/mol. The van der Waals surface area contributed by atoms with Gasteiger partial charge in [0, 0.05) is 44.5 Å². The molecule has 202 valence electrons. The number of nitrogens with one attached hydrogen (secondary N) is 2. The number of nitrogens with two attached hydrogens (primary N) is 2. The number of carbonyl (C=O) groups is 3. The largest absolute Gasteiger partial charge is 0.491 e. The Balaban J connectivity index is 1.49. The summed E-state index contributed by atoms with van der Waals surface area (Å²) in [5.41, 5.74) is 7.53. The molecule has 1 fully saturated rings. The number of carbonyl (C=O) groups excluding carboxylic acids is 3. The Labute approximate surface area is 220 Å². The molecule has 13 nitrogen and oxygen atoms in total. The number of hydrogen-bond donors (Lipinski definition) is 4. The molecule has 2 aliphatic rings. The van der Waals surface area contributed by atoms with Crippen LogP contribution in [0.1, 0.15) is 30.9 Å². The van der Waals surface area contributed by atoms with Crippen molar-refractivity contribution in [3.8, 4) is 5.75 Å². The molecule has 2 atom stereocenters. The number of aromatic nitrogens is 2. The van der Waals surface area contributed by atoms with Crippen molar-refractivity contribution >= 4 is 23.7 Å². The molecule has 0 saturated carbocycles. The molecule has 0 radical (unpaired) electrons. The van der Waals surface area contributed by atoms with Crippen LogP contribution in [0.2, 0.25) is 0 Å². The van der Waals surface area contributed by atoms with Crippen LogP contribution in [0.3, 0.4) is 0 Å². The first-order valence-corrected chi connectivity index (χ1v) is 12.4. The Morgan fingerprint density at radius 2 is 2.11 bits per heavy atom. The second-order valence-corrected chi connectivity index (χ2v) is 9.13. The summed E-state index contributed by atoms with van der Waals surface area (Å²) in [6, 6.07) is 6.85. The van der Waals surface area contributed by atoms with Crippen LogP contribution < -0.4 is 37.5 Å². The van der Waals surface area contributed by atoms with Crippen molar-refractivity contribution < 1.29 is 19.1 Å². The third-order valence-corrected chi connectivity index (χ3v) is 6.61. The molecule has 2 aliphatic heterocycles. The number of amides is 4. The van der Waals surface area contributed by atoms with E-state index in [9.17, 15) is 14.4 Å². The van der Waals surface area contributed by atoms with Crippen molar-refractivity contribution in [1.82, 2.24) is 25.2 Å². The summed E-state index contributed by atoms with van der Waals surface area (Å²) in [6.45, 7) is 6.81. The van der Waals surface area contributed by atoms with E-state index in [0.717, 1.165) is 36.3 Å². The topological polar surface area (TPSA) is 173 Å². The Morgan fingerprint density at radius 1 is 1.29 bits per heavy atom. The average Bonchev–Trinajstić information content (AvgIpc) is 3.35. The highest BCUT2D eigenvalue weighted by atomic mass is 16.5. The van der Waals surface area contributed by atoms with Gasteiger partial charge < -0.3 is 36.7 Å². The van der Waals surface area contributed by atoms with Crippen molar-refractivity contribution in [3.63, 3.8) is 0 Å². The minimum Gasteiger partial charge on any atom is -0.491 e. The van der Waals surface area contributed by atoms with Gasteiger partial charge in [0.2, 0.25) is 11.5 Å². The van der Waals surface area contributed by atoms with Crippen molar-refractivity contribution in [2.45, 2.75) is 44.9 Å². The van der Waals surface area contributed by atoms with Gasteiger partial charge in [-0.05, 0) is 37.0 Å². The van der Waals surface area contributed by atoms with Crippen LogP contribution in [-0.4, -0.2) is 64.3 Å². The van der Waals surface area contributed by atoms with Crippen LogP contribution >= 0.6 is 0 Å². The SMILES string of the molecule is C=C/N=c1/nccc(N2CCC[C@@H]2COc2cccc3c2CN(C(=O)[C@@H](NC(C)=O)NC(N)=O)CC3)n1N. The Hall–Kier alpha value is -4.55. The maximum atomic E-state index is 13.1. The zero-order chi connectivity index (χ0) is 27.2. The molecule has 3 heterocycles. The zero-order valence-corrected chi connectivity index (χ0v) is 21.3. The fourth-order valence-electron chi connectivity index (χ4n) is 4.88. The van der Waals surface area contributed by atoms with Crippen LogP contribution in [0.5, 0.6) is 5.75 Å². The summed E-state index contributed by atoms with van der Waals surface area (Å²) in [5, 5.41) is 4.73. The smallest absolute Gasteiger partial charge is 0.314 e. The van der Waals surface area contributed by atoms with E-state index in [1.165, 1.54) is 17.8 Å². The van der Waals surface area contributed by atoms with Crippen molar-refractivity contribution in [1.29, 1.82) is 0 Å². The molecule has 0 spiro atoms. The molecular weight excluding hydrogens is 490 g/mol. The molecule has 1 aromatic heterocycles. The number of ether oxygens (including phenoxy) is 1. The predicted molar refractivity (Wildman–Crippen MR) is 140 cm³/mol. The quantitative estimate of drug-likeness (QED) is 0.272. The number of rotatable bonds is 8. The summed E-state index contributed by atoms with van der Waals surface area (Å²) in [5.74, 6) is 6.82. The third-order valence-electron chi connectivity index (χ3n) is 6.61. The normalized spacial score (nSPS) is 17.9. The van der Waals surface area contributed by atoms with Gasteiger partial charge in [0.15, 0.2) is 6.17 Å². The molecular formula is C25H33N9O4. The van der Waals surface area contributed by atoms with E-state index < -0.39 is 24.0 Å². The second-order valence-electron chi connectivity index (χ2n) is 9.13. The number of anilines is 1. The highest BCUT2D eigenvalue weighted by Crippen LogP contribution is 2.30. The van der Waals surface area contributed by atoms with Crippen molar-refractivity contribution in [3.05, 3.63) is 60.0 Å². The summed E-state index contributed by atoms with van der Waals surface area (Å²) in [4.78, 5) is 48.1. The first kappa shape index (κ1) is 26.5. The van der Waals surface area contributed by atoms with Crippen LogP contribution in [0.15, 0.2) is 48.2 Å². The molecule has 1 saturated heterocycles. The van der Waals surface area contributed by atoms with Crippen molar-refractivity contribution in [2.24, 2.45) is 10.7 Å². The van der Waals surface area contributed by atoms with Gasteiger partial charge in [0.1, 0.15) is 18.2 Å². The van der Waals surface area contributed by atoms with Gasteiger partial charge in [0.25, 0.3) is 5.91 Å². The number of nitrogen functional groups attached to an aromatic ring is 1. The summed E-state index contributed by atoms with van der Waals surface area (Å²) in [7, 11) is 0. The highest BCUT2D eigenvalue weighted by Gasteiger charge is 2.31. The first-order valence-electron chi connectivity index (χ1n) is 12.4. The third kappa shape index (κ3) is 5.88.